The van der Waals surface area contributed by atoms with Crippen molar-refractivity contribution in [3.05, 3.63) is 36.2 Å². The highest BCUT2D eigenvalue weighted by Gasteiger charge is 2.01. The van der Waals surface area contributed by atoms with E-state index in [0.717, 1.165) is 17.0 Å². The Morgan fingerprint density at radius 2 is 2.33 bits per heavy atom. The smallest absolute Gasteiger partial charge is 0.188 e. The first-order valence-corrected chi connectivity index (χ1v) is 6.27. The zero-order valence-corrected chi connectivity index (χ0v) is 14.1. The van der Waals surface area contributed by atoms with E-state index in [9.17, 15) is 0 Å². The van der Waals surface area contributed by atoms with Gasteiger partial charge in [-0.25, -0.2) is 9.98 Å². The van der Waals surface area contributed by atoms with Crippen molar-refractivity contribution in [3.8, 4) is 11.4 Å². The normalized spacial score (nSPS) is 11.0. The van der Waals surface area contributed by atoms with Gasteiger partial charge in [0.05, 0.1) is 13.2 Å². The number of guanidine groups is 1. The molecular formula is C13H19IN6O. The number of aromatic nitrogens is 3. The first kappa shape index (κ1) is 17.4. The van der Waals surface area contributed by atoms with Crippen LogP contribution in [0.15, 0.2) is 35.6 Å². The molecule has 0 spiro atoms. The summed E-state index contributed by atoms with van der Waals surface area (Å²) in [5.74, 6) is 1.15. The Balaban J connectivity index is 0.00000220. The third kappa shape index (κ3) is 5.68. The maximum Gasteiger partial charge on any atom is 0.188 e. The average molecular weight is 402 g/mol. The average Bonchev–Trinajstić information content (AvgIpc) is 3.00. The van der Waals surface area contributed by atoms with E-state index in [1.165, 1.54) is 6.33 Å². The van der Waals surface area contributed by atoms with E-state index in [-0.39, 0.29) is 24.0 Å². The van der Waals surface area contributed by atoms with Gasteiger partial charge < -0.3 is 15.8 Å². The van der Waals surface area contributed by atoms with Crippen LogP contribution in [0.3, 0.4) is 0 Å². The van der Waals surface area contributed by atoms with E-state index in [4.69, 9.17) is 10.5 Å². The zero-order valence-electron chi connectivity index (χ0n) is 11.7. The van der Waals surface area contributed by atoms with Gasteiger partial charge in [-0.15, -0.1) is 24.0 Å². The lowest BCUT2D eigenvalue weighted by Crippen LogP contribution is -2.34. The molecule has 0 atom stereocenters. The third-order valence-corrected chi connectivity index (χ3v) is 2.66. The number of rotatable bonds is 6. The predicted molar refractivity (Wildman–Crippen MR) is 92.4 cm³/mol. The lowest BCUT2D eigenvalue weighted by atomic mass is 10.1. The maximum atomic E-state index is 5.75. The molecule has 8 heteroatoms. The van der Waals surface area contributed by atoms with Gasteiger partial charge in [-0.2, -0.15) is 5.10 Å². The van der Waals surface area contributed by atoms with Crippen molar-refractivity contribution >= 4 is 29.9 Å². The molecule has 0 fully saturated rings. The number of hydrogen-bond donors (Lipinski definition) is 3. The van der Waals surface area contributed by atoms with E-state index in [1.807, 2.05) is 24.3 Å². The van der Waals surface area contributed by atoms with Crippen LogP contribution >= 0.6 is 24.0 Å². The second-order valence-electron chi connectivity index (χ2n) is 4.16. The molecule has 0 aliphatic carbocycles. The quantitative estimate of drug-likeness (QED) is 0.291. The number of aromatic amines is 1. The molecule has 0 amide bonds. The molecule has 4 N–H and O–H groups in total. The molecule has 0 aliphatic heterocycles. The summed E-state index contributed by atoms with van der Waals surface area (Å²) in [4.78, 5) is 8.39. The number of H-pyrrole nitrogens is 1. The molecule has 0 radical (unpaired) electrons. The van der Waals surface area contributed by atoms with E-state index >= 15 is 0 Å². The fourth-order valence-electron chi connectivity index (χ4n) is 1.68. The Kier molecular flexibility index (Phi) is 7.69. The molecule has 2 rings (SSSR count). The highest BCUT2D eigenvalue weighted by atomic mass is 127. The van der Waals surface area contributed by atoms with Crippen molar-refractivity contribution < 1.29 is 4.74 Å². The Bertz CT molecular complexity index is 558. The fourth-order valence-corrected chi connectivity index (χ4v) is 1.68. The minimum absolute atomic E-state index is 0. The van der Waals surface area contributed by atoms with Gasteiger partial charge in [0.25, 0.3) is 0 Å². The van der Waals surface area contributed by atoms with E-state index in [1.54, 1.807) is 7.11 Å². The molecule has 2 aromatic rings. The van der Waals surface area contributed by atoms with Crippen LogP contribution < -0.4 is 11.1 Å². The number of halogens is 1. The summed E-state index contributed by atoms with van der Waals surface area (Å²) >= 11 is 0. The summed E-state index contributed by atoms with van der Waals surface area (Å²) in [6, 6.07) is 7.92. The molecule has 1 heterocycles. The van der Waals surface area contributed by atoms with Crippen molar-refractivity contribution in [1.82, 2.24) is 20.5 Å². The van der Waals surface area contributed by atoms with Crippen LogP contribution in [0.1, 0.15) is 5.56 Å². The number of nitrogens with zero attached hydrogens (tertiary/aromatic N) is 3. The molecule has 1 aromatic heterocycles. The SMILES string of the molecule is COCCNC(N)=NCc1cccc(-c2ncn[nH]2)c1.I. The fraction of sp³-hybridized carbons (Fsp3) is 0.308. The molecule has 0 saturated carbocycles. The van der Waals surface area contributed by atoms with Crippen LogP contribution in [0.4, 0.5) is 0 Å². The van der Waals surface area contributed by atoms with E-state index < -0.39 is 0 Å². The number of benzene rings is 1. The first-order valence-electron chi connectivity index (χ1n) is 6.27. The number of ether oxygens (including phenoxy) is 1. The number of nitrogens with two attached hydrogens (primary N) is 1. The maximum absolute atomic E-state index is 5.75. The van der Waals surface area contributed by atoms with Crippen molar-refractivity contribution in [2.75, 3.05) is 20.3 Å². The molecule has 0 unspecified atom stereocenters. The molecule has 7 nitrogen and oxygen atoms in total. The third-order valence-electron chi connectivity index (χ3n) is 2.66. The number of methoxy groups -OCH3 is 1. The van der Waals surface area contributed by atoms with Gasteiger partial charge in [0, 0.05) is 19.2 Å². The lowest BCUT2D eigenvalue weighted by molar-refractivity contribution is 0.204. The van der Waals surface area contributed by atoms with Crippen LogP contribution in [0.25, 0.3) is 11.4 Å². The zero-order chi connectivity index (χ0) is 14.2. The van der Waals surface area contributed by atoms with Crippen molar-refractivity contribution in [3.63, 3.8) is 0 Å². The lowest BCUT2D eigenvalue weighted by Gasteiger charge is -2.05. The minimum atomic E-state index is 0. The Hall–Kier alpha value is -1.68. The molecule has 0 bridgehead atoms. The van der Waals surface area contributed by atoms with Crippen LogP contribution in [0.5, 0.6) is 0 Å². The van der Waals surface area contributed by atoms with Gasteiger partial charge in [0.15, 0.2) is 11.8 Å². The standard InChI is InChI=1S/C13H18N6O.HI/c1-20-6-5-15-13(14)16-8-10-3-2-4-11(7-10)12-17-9-18-19-12;/h2-4,7,9H,5-6,8H2,1H3,(H3,14,15,16)(H,17,18,19);1H. The van der Waals surface area contributed by atoms with Crippen LogP contribution in [0, 0.1) is 0 Å². The van der Waals surface area contributed by atoms with Crippen molar-refractivity contribution in [2.45, 2.75) is 6.54 Å². The van der Waals surface area contributed by atoms with Crippen molar-refractivity contribution in [2.24, 2.45) is 10.7 Å². The second-order valence-corrected chi connectivity index (χ2v) is 4.16. The first-order chi connectivity index (χ1) is 9.79. The second kappa shape index (κ2) is 9.29. The highest BCUT2D eigenvalue weighted by Crippen LogP contribution is 2.15. The molecule has 0 aliphatic rings. The largest absolute Gasteiger partial charge is 0.383 e. The minimum Gasteiger partial charge on any atom is -0.383 e. The highest BCUT2D eigenvalue weighted by molar-refractivity contribution is 14.0. The van der Waals surface area contributed by atoms with Gasteiger partial charge in [-0.1, -0.05) is 18.2 Å². The summed E-state index contributed by atoms with van der Waals surface area (Å²) in [5.41, 5.74) is 7.77. The summed E-state index contributed by atoms with van der Waals surface area (Å²) in [6.07, 6.45) is 1.48. The van der Waals surface area contributed by atoms with Crippen LogP contribution in [-0.2, 0) is 11.3 Å². The molecule has 21 heavy (non-hydrogen) atoms. The molecular weight excluding hydrogens is 383 g/mol. The van der Waals surface area contributed by atoms with Crippen LogP contribution in [0.2, 0.25) is 0 Å². The van der Waals surface area contributed by atoms with Crippen molar-refractivity contribution in [1.29, 1.82) is 0 Å². The monoisotopic (exact) mass is 402 g/mol. The Morgan fingerprint density at radius 1 is 1.48 bits per heavy atom. The topological polar surface area (TPSA) is 101 Å². The Labute approximate surface area is 140 Å². The predicted octanol–water partition coefficient (Wildman–Crippen LogP) is 1.14. The molecule has 0 saturated heterocycles. The number of hydrogen-bond acceptors (Lipinski definition) is 4. The van der Waals surface area contributed by atoms with E-state index in [2.05, 4.69) is 25.5 Å². The summed E-state index contributed by atoms with van der Waals surface area (Å²) in [5, 5.41) is 9.64. The summed E-state index contributed by atoms with van der Waals surface area (Å²) in [6.45, 7) is 1.74. The van der Waals surface area contributed by atoms with Gasteiger partial charge >= 0.3 is 0 Å². The van der Waals surface area contributed by atoms with Gasteiger partial charge in [0.2, 0.25) is 0 Å². The summed E-state index contributed by atoms with van der Waals surface area (Å²) < 4.78 is 4.92. The Morgan fingerprint density at radius 3 is 3.05 bits per heavy atom. The van der Waals surface area contributed by atoms with Gasteiger partial charge in [-0.05, 0) is 11.6 Å². The van der Waals surface area contributed by atoms with Gasteiger partial charge in [0.1, 0.15) is 6.33 Å². The number of nitrogens with one attached hydrogen (secondary N) is 2. The van der Waals surface area contributed by atoms with E-state index in [0.29, 0.717) is 25.7 Å². The molecule has 1 aromatic carbocycles. The molecule has 114 valence electrons. The summed E-state index contributed by atoms with van der Waals surface area (Å²) in [7, 11) is 1.64. The van der Waals surface area contributed by atoms with Gasteiger partial charge in [-0.3, -0.25) is 5.10 Å². The number of aliphatic imine (C=N–C) groups is 1. The van der Waals surface area contributed by atoms with Crippen LogP contribution in [-0.4, -0.2) is 41.4 Å².